The van der Waals surface area contributed by atoms with E-state index in [0.717, 1.165) is 38.4 Å². The van der Waals surface area contributed by atoms with Gasteiger partial charge in [0.25, 0.3) is 5.91 Å². The molecule has 5 nitrogen and oxygen atoms in total. The number of hydrogen-bond donors (Lipinski definition) is 2. The van der Waals surface area contributed by atoms with Crippen molar-refractivity contribution in [2.75, 3.05) is 43.5 Å². The number of nitrogens with one attached hydrogen (secondary N) is 2. The maximum atomic E-state index is 14.1. The van der Waals surface area contributed by atoms with Crippen molar-refractivity contribution in [1.29, 1.82) is 0 Å². The molecule has 0 radical (unpaired) electrons. The fraction of sp³-hybridized carbons (Fsp3) is 0.240. The number of carbonyl (C=O) groups is 1. The minimum atomic E-state index is -0.607. The largest absolute Gasteiger partial charge is 0.497 e. The molecule has 0 atom stereocenters. The number of anilines is 2. The number of rotatable bonds is 6. The van der Waals surface area contributed by atoms with Crippen molar-refractivity contribution in [3.8, 4) is 5.75 Å². The molecule has 0 aromatic heterocycles. The molecule has 2 N–H and O–H groups in total. The molecule has 4 rings (SSSR count). The molecular weight excluding hydrogens is 393 g/mol. The summed E-state index contributed by atoms with van der Waals surface area (Å²) < 4.78 is 19.1. The van der Waals surface area contributed by atoms with Crippen molar-refractivity contribution in [3.05, 3.63) is 89.7 Å². The van der Waals surface area contributed by atoms with Gasteiger partial charge in [-0.15, -0.1) is 0 Å². The van der Waals surface area contributed by atoms with Crippen LogP contribution in [0.15, 0.2) is 72.8 Å². The Kier molecular flexibility index (Phi) is 6.48. The van der Waals surface area contributed by atoms with Gasteiger partial charge < -0.3 is 19.9 Å². The summed E-state index contributed by atoms with van der Waals surface area (Å²) in [5.41, 5.74) is 3.13. The van der Waals surface area contributed by atoms with E-state index in [-0.39, 0.29) is 5.56 Å². The van der Waals surface area contributed by atoms with Crippen LogP contribution in [0.1, 0.15) is 15.9 Å². The van der Waals surface area contributed by atoms with Gasteiger partial charge in [-0.2, -0.15) is 0 Å². The minimum Gasteiger partial charge on any atom is -0.497 e. The first kappa shape index (κ1) is 20.9. The molecule has 0 unspecified atom stereocenters. The van der Waals surface area contributed by atoms with Gasteiger partial charge in [0, 0.05) is 23.0 Å². The molecule has 0 saturated carbocycles. The molecule has 31 heavy (non-hydrogen) atoms. The number of carbonyl (C=O) groups excluding carboxylic acids is 1. The first-order valence-electron chi connectivity index (χ1n) is 10.5. The van der Waals surface area contributed by atoms with Crippen molar-refractivity contribution < 1.29 is 18.8 Å². The van der Waals surface area contributed by atoms with Gasteiger partial charge in [0.2, 0.25) is 0 Å². The molecule has 0 spiro atoms. The standard InChI is InChI=1S/C25H26FN3O2/c1-31-22-11-12-23(24(26)17-22)25(30)27-20-7-9-21(10-8-20)29-15-13-28(14-16-29)18-19-5-3-2-4-6-19/h2-12,17H,13-16,18H2,1H3,(H,27,30)/p+1. The number of quaternary nitrogens is 1. The third-order valence-electron chi connectivity index (χ3n) is 5.68. The number of benzene rings is 3. The maximum absolute atomic E-state index is 14.1. The lowest BCUT2D eigenvalue weighted by Crippen LogP contribution is -3.13. The first-order valence-corrected chi connectivity index (χ1v) is 10.5. The molecule has 0 bridgehead atoms. The Bertz CT molecular complexity index is 1020. The number of amides is 1. The topological polar surface area (TPSA) is 46.0 Å². The number of methoxy groups -OCH3 is 1. The zero-order valence-electron chi connectivity index (χ0n) is 17.6. The number of piperazine rings is 1. The van der Waals surface area contributed by atoms with E-state index >= 15 is 0 Å². The highest BCUT2D eigenvalue weighted by Crippen LogP contribution is 2.20. The second-order valence-corrected chi connectivity index (χ2v) is 7.75. The van der Waals surface area contributed by atoms with E-state index in [1.165, 1.54) is 24.8 Å². The highest BCUT2D eigenvalue weighted by molar-refractivity contribution is 6.04. The average molecular weight is 421 g/mol. The van der Waals surface area contributed by atoms with Gasteiger partial charge in [-0.05, 0) is 36.4 Å². The van der Waals surface area contributed by atoms with Crippen LogP contribution in [0.2, 0.25) is 0 Å². The van der Waals surface area contributed by atoms with Gasteiger partial charge in [-0.3, -0.25) is 4.79 Å². The lowest BCUT2D eigenvalue weighted by molar-refractivity contribution is -0.914. The van der Waals surface area contributed by atoms with Crippen LogP contribution in [0.25, 0.3) is 0 Å². The number of hydrogen-bond acceptors (Lipinski definition) is 3. The van der Waals surface area contributed by atoms with E-state index in [1.54, 1.807) is 11.0 Å². The van der Waals surface area contributed by atoms with Gasteiger partial charge in [0.15, 0.2) is 0 Å². The van der Waals surface area contributed by atoms with Crippen molar-refractivity contribution in [1.82, 2.24) is 0 Å². The summed E-state index contributed by atoms with van der Waals surface area (Å²) in [5, 5.41) is 2.76. The molecule has 1 aliphatic rings. The van der Waals surface area contributed by atoms with Crippen LogP contribution in [0, 0.1) is 5.82 Å². The van der Waals surface area contributed by atoms with Crippen LogP contribution in [-0.2, 0) is 6.54 Å². The number of nitrogens with zero attached hydrogens (tertiary/aromatic N) is 1. The molecule has 1 saturated heterocycles. The molecule has 0 aliphatic carbocycles. The van der Waals surface area contributed by atoms with Crippen LogP contribution >= 0.6 is 0 Å². The highest BCUT2D eigenvalue weighted by Gasteiger charge is 2.20. The Morgan fingerprint density at radius 2 is 1.74 bits per heavy atom. The molecular formula is C25H27FN3O2+. The van der Waals surface area contributed by atoms with E-state index < -0.39 is 11.7 Å². The molecule has 1 heterocycles. The predicted octanol–water partition coefficient (Wildman–Crippen LogP) is 2.99. The van der Waals surface area contributed by atoms with Crippen molar-refractivity contribution in [2.24, 2.45) is 0 Å². The SMILES string of the molecule is COc1ccc(C(=O)Nc2ccc(N3CC[NH+](Cc4ccccc4)CC3)cc2)c(F)c1. The fourth-order valence-electron chi connectivity index (χ4n) is 3.90. The highest BCUT2D eigenvalue weighted by atomic mass is 19.1. The number of halogens is 1. The summed E-state index contributed by atoms with van der Waals surface area (Å²) in [4.78, 5) is 16.4. The summed E-state index contributed by atoms with van der Waals surface area (Å²) in [5.74, 6) is -0.709. The normalized spacial score (nSPS) is 14.3. The quantitative estimate of drug-likeness (QED) is 0.645. The Labute approximate surface area is 182 Å². The summed E-state index contributed by atoms with van der Waals surface area (Å²) in [6.07, 6.45) is 0. The van der Waals surface area contributed by atoms with Crippen molar-refractivity contribution >= 4 is 17.3 Å². The molecule has 3 aromatic carbocycles. The van der Waals surface area contributed by atoms with Gasteiger partial charge in [0.1, 0.15) is 18.1 Å². The van der Waals surface area contributed by atoms with Crippen LogP contribution in [0.4, 0.5) is 15.8 Å². The monoisotopic (exact) mass is 420 g/mol. The first-order chi connectivity index (χ1) is 15.1. The second-order valence-electron chi connectivity index (χ2n) is 7.75. The van der Waals surface area contributed by atoms with Crippen molar-refractivity contribution in [3.63, 3.8) is 0 Å². The molecule has 1 aliphatic heterocycles. The van der Waals surface area contributed by atoms with E-state index in [0.29, 0.717) is 11.4 Å². The summed E-state index contributed by atoms with van der Waals surface area (Å²) in [6, 6.07) is 22.5. The average Bonchev–Trinajstić information content (AvgIpc) is 2.80. The summed E-state index contributed by atoms with van der Waals surface area (Å²) >= 11 is 0. The van der Waals surface area contributed by atoms with E-state index in [4.69, 9.17) is 4.74 Å². The maximum Gasteiger partial charge on any atom is 0.258 e. The Morgan fingerprint density at radius 1 is 1.03 bits per heavy atom. The fourth-order valence-corrected chi connectivity index (χ4v) is 3.90. The Hall–Kier alpha value is -3.38. The lowest BCUT2D eigenvalue weighted by atomic mass is 10.1. The molecule has 6 heteroatoms. The van der Waals surface area contributed by atoms with E-state index in [2.05, 4.69) is 40.5 Å². The van der Waals surface area contributed by atoms with Crippen LogP contribution in [0.5, 0.6) is 5.75 Å². The minimum absolute atomic E-state index is 0.0117. The Balaban J connectivity index is 1.32. The van der Waals surface area contributed by atoms with Gasteiger partial charge in [-0.1, -0.05) is 30.3 Å². The molecule has 1 fully saturated rings. The van der Waals surface area contributed by atoms with E-state index in [9.17, 15) is 9.18 Å². The van der Waals surface area contributed by atoms with Crippen molar-refractivity contribution in [2.45, 2.75) is 6.54 Å². The summed E-state index contributed by atoms with van der Waals surface area (Å²) in [6.45, 7) is 5.21. The lowest BCUT2D eigenvalue weighted by Gasteiger charge is -2.33. The van der Waals surface area contributed by atoms with E-state index in [1.807, 2.05) is 24.3 Å². The third kappa shape index (κ3) is 5.22. The molecule has 1 amide bonds. The molecule has 160 valence electrons. The second kappa shape index (κ2) is 9.62. The smallest absolute Gasteiger partial charge is 0.258 e. The van der Waals surface area contributed by atoms with Crippen LogP contribution in [0.3, 0.4) is 0 Å². The van der Waals surface area contributed by atoms with Crippen LogP contribution in [-0.4, -0.2) is 39.2 Å². The van der Waals surface area contributed by atoms with Gasteiger partial charge in [0.05, 0.1) is 38.9 Å². The predicted molar refractivity (Wildman–Crippen MR) is 120 cm³/mol. The van der Waals surface area contributed by atoms with Gasteiger partial charge in [-0.25, -0.2) is 4.39 Å². The third-order valence-corrected chi connectivity index (χ3v) is 5.68. The number of ether oxygens (including phenoxy) is 1. The zero-order valence-corrected chi connectivity index (χ0v) is 17.6. The zero-order chi connectivity index (χ0) is 21.6. The summed E-state index contributed by atoms with van der Waals surface area (Å²) in [7, 11) is 1.46. The van der Waals surface area contributed by atoms with Crippen LogP contribution < -0.4 is 19.9 Å². The Morgan fingerprint density at radius 3 is 2.39 bits per heavy atom. The van der Waals surface area contributed by atoms with Gasteiger partial charge >= 0.3 is 0 Å². The molecule has 3 aromatic rings.